The maximum absolute atomic E-state index is 13.3. The number of benzene rings is 1. The van der Waals surface area contributed by atoms with Gasteiger partial charge in [-0.3, -0.25) is 4.98 Å². The van der Waals surface area contributed by atoms with Crippen LogP contribution >= 0.6 is 0 Å². The lowest BCUT2D eigenvalue weighted by molar-refractivity contribution is 0.311. The van der Waals surface area contributed by atoms with Crippen LogP contribution in [-0.2, 0) is 16.4 Å². The Morgan fingerprint density at radius 2 is 1.90 bits per heavy atom. The van der Waals surface area contributed by atoms with E-state index in [4.69, 9.17) is 9.51 Å². The van der Waals surface area contributed by atoms with Crippen molar-refractivity contribution in [3.63, 3.8) is 0 Å². The molecule has 3 aromatic rings. The Morgan fingerprint density at radius 1 is 1.10 bits per heavy atom. The molecule has 31 heavy (non-hydrogen) atoms. The van der Waals surface area contributed by atoms with Crippen LogP contribution in [0, 0.1) is 27.7 Å². The van der Waals surface area contributed by atoms with E-state index in [0.29, 0.717) is 24.5 Å². The van der Waals surface area contributed by atoms with E-state index >= 15 is 0 Å². The maximum atomic E-state index is 13.3. The standard InChI is InChI=1S/C24H29N3O3S/c1-16-7-5-8-20(11-16)13-21-12-17(2)25-23(14-21)22-9-6-10-27(15-22)31(28,29)24-18(3)26-30-19(24)4/h5,7-8,11-12,14,22H,6,9-10,13,15H2,1-4H3/t22-/m0/s1. The number of nitrogens with zero attached hydrogens (tertiary/aromatic N) is 3. The zero-order chi connectivity index (χ0) is 22.2. The molecule has 2 aromatic heterocycles. The minimum atomic E-state index is -3.65. The van der Waals surface area contributed by atoms with Crippen molar-refractivity contribution in [3.05, 3.63) is 75.9 Å². The second kappa shape index (κ2) is 8.55. The lowest BCUT2D eigenvalue weighted by atomic mass is 9.93. The summed E-state index contributed by atoms with van der Waals surface area (Å²) in [5.74, 6) is 0.411. The minimum Gasteiger partial charge on any atom is -0.360 e. The molecule has 0 spiro atoms. The summed E-state index contributed by atoms with van der Waals surface area (Å²) in [6, 6.07) is 12.8. The fourth-order valence-electron chi connectivity index (χ4n) is 4.51. The lowest BCUT2D eigenvalue weighted by Crippen LogP contribution is -2.39. The smallest absolute Gasteiger partial charge is 0.248 e. The van der Waals surface area contributed by atoms with Crippen molar-refractivity contribution in [2.75, 3.05) is 13.1 Å². The summed E-state index contributed by atoms with van der Waals surface area (Å²) in [5, 5.41) is 3.83. The van der Waals surface area contributed by atoms with Gasteiger partial charge in [0.15, 0.2) is 5.76 Å². The molecule has 0 bridgehead atoms. The fraction of sp³-hybridized carbons (Fsp3) is 0.417. The van der Waals surface area contributed by atoms with Crippen LogP contribution in [0.4, 0.5) is 0 Å². The van der Waals surface area contributed by atoms with Crippen LogP contribution in [0.15, 0.2) is 45.8 Å². The van der Waals surface area contributed by atoms with Crippen LogP contribution in [-0.4, -0.2) is 36.0 Å². The fourth-order valence-corrected chi connectivity index (χ4v) is 6.33. The van der Waals surface area contributed by atoms with Crippen molar-refractivity contribution in [1.29, 1.82) is 0 Å². The Hall–Kier alpha value is -2.51. The number of sulfonamides is 1. The molecule has 0 N–H and O–H groups in total. The molecule has 0 unspecified atom stereocenters. The van der Waals surface area contributed by atoms with E-state index in [1.54, 1.807) is 18.2 Å². The van der Waals surface area contributed by atoms with E-state index in [0.717, 1.165) is 30.7 Å². The van der Waals surface area contributed by atoms with E-state index in [9.17, 15) is 8.42 Å². The normalized spacial score (nSPS) is 17.7. The van der Waals surface area contributed by atoms with E-state index in [-0.39, 0.29) is 10.8 Å². The number of hydrogen-bond donors (Lipinski definition) is 0. The lowest BCUT2D eigenvalue weighted by Gasteiger charge is -2.31. The SMILES string of the molecule is Cc1cccc(Cc2cc(C)nc([C@H]3CCCN(S(=O)(=O)c4c(C)noc4C)C3)c2)c1. The van der Waals surface area contributed by atoms with Gasteiger partial charge < -0.3 is 4.52 Å². The van der Waals surface area contributed by atoms with Crippen LogP contribution < -0.4 is 0 Å². The van der Waals surface area contributed by atoms with Gasteiger partial charge >= 0.3 is 0 Å². The molecule has 1 aliphatic heterocycles. The van der Waals surface area contributed by atoms with Crippen LogP contribution in [0.25, 0.3) is 0 Å². The van der Waals surface area contributed by atoms with Gasteiger partial charge in [0.05, 0.1) is 0 Å². The van der Waals surface area contributed by atoms with E-state index in [2.05, 4.69) is 48.5 Å². The number of pyridine rings is 1. The van der Waals surface area contributed by atoms with Gasteiger partial charge in [-0.1, -0.05) is 35.0 Å². The molecule has 0 amide bonds. The molecule has 1 atom stereocenters. The number of aromatic nitrogens is 2. The molecule has 1 fully saturated rings. The maximum Gasteiger partial charge on any atom is 0.248 e. The zero-order valence-electron chi connectivity index (χ0n) is 18.6. The molecule has 4 rings (SSSR count). The van der Waals surface area contributed by atoms with Gasteiger partial charge in [0, 0.05) is 30.4 Å². The minimum absolute atomic E-state index is 0.0696. The van der Waals surface area contributed by atoms with E-state index in [1.807, 2.05) is 6.92 Å². The van der Waals surface area contributed by atoms with Crippen molar-refractivity contribution in [1.82, 2.24) is 14.4 Å². The van der Waals surface area contributed by atoms with Crippen molar-refractivity contribution in [2.45, 2.75) is 57.8 Å². The predicted molar refractivity (Wildman–Crippen MR) is 120 cm³/mol. The third-order valence-corrected chi connectivity index (χ3v) is 8.00. The second-order valence-corrected chi connectivity index (χ2v) is 10.4. The molecule has 6 nitrogen and oxygen atoms in total. The van der Waals surface area contributed by atoms with Gasteiger partial charge in [-0.25, -0.2) is 8.42 Å². The molecule has 1 aliphatic rings. The molecule has 3 heterocycles. The Balaban J connectivity index is 1.59. The summed E-state index contributed by atoms with van der Waals surface area (Å²) in [4.78, 5) is 4.98. The predicted octanol–water partition coefficient (Wildman–Crippen LogP) is 4.46. The highest BCUT2D eigenvalue weighted by molar-refractivity contribution is 7.89. The van der Waals surface area contributed by atoms with E-state index < -0.39 is 10.0 Å². The van der Waals surface area contributed by atoms with E-state index in [1.165, 1.54) is 16.7 Å². The van der Waals surface area contributed by atoms with Gasteiger partial charge in [0.1, 0.15) is 10.6 Å². The summed E-state index contributed by atoms with van der Waals surface area (Å²) >= 11 is 0. The molecule has 1 aromatic carbocycles. The Bertz CT molecular complexity index is 1180. The molecule has 0 aliphatic carbocycles. The summed E-state index contributed by atoms with van der Waals surface area (Å²) in [6.45, 7) is 8.35. The average Bonchev–Trinajstić information content (AvgIpc) is 3.06. The van der Waals surface area contributed by atoms with Crippen LogP contribution in [0.5, 0.6) is 0 Å². The number of rotatable bonds is 5. The van der Waals surface area contributed by atoms with Gasteiger partial charge in [-0.15, -0.1) is 0 Å². The summed E-state index contributed by atoms with van der Waals surface area (Å²) in [6.07, 6.45) is 2.57. The highest BCUT2D eigenvalue weighted by Crippen LogP contribution is 2.32. The quantitative estimate of drug-likeness (QED) is 0.587. The molecular formula is C24H29N3O3S. The summed E-state index contributed by atoms with van der Waals surface area (Å²) in [5.41, 5.74) is 6.07. The summed E-state index contributed by atoms with van der Waals surface area (Å²) < 4.78 is 33.2. The molecular weight excluding hydrogens is 410 g/mol. The van der Waals surface area contributed by atoms with Crippen LogP contribution in [0.2, 0.25) is 0 Å². The van der Waals surface area contributed by atoms with Crippen molar-refractivity contribution in [2.24, 2.45) is 0 Å². The monoisotopic (exact) mass is 439 g/mol. The Kier molecular flexibility index (Phi) is 5.99. The topological polar surface area (TPSA) is 76.3 Å². The largest absolute Gasteiger partial charge is 0.360 e. The van der Waals surface area contributed by atoms with Gasteiger partial charge in [0.25, 0.3) is 0 Å². The third kappa shape index (κ3) is 4.57. The van der Waals surface area contributed by atoms with Gasteiger partial charge in [-0.05, 0) is 70.2 Å². The molecule has 1 saturated heterocycles. The molecule has 0 saturated carbocycles. The highest BCUT2D eigenvalue weighted by Gasteiger charge is 2.35. The zero-order valence-corrected chi connectivity index (χ0v) is 19.4. The first-order chi connectivity index (χ1) is 14.7. The highest BCUT2D eigenvalue weighted by atomic mass is 32.2. The third-order valence-electron chi connectivity index (χ3n) is 5.89. The first-order valence-corrected chi connectivity index (χ1v) is 12.1. The van der Waals surface area contributed by atoms with Crippen LogP contribution in [0.1, 0.15) is 58.3 Å². The number of hydrogen-bond acceptors (Lipinski definition) is 5. The summed E-state index contributed by atoms with van der Waals surface area (Å²) in [7, 11) is -3.65. The number of piperidine rings is 1. The van der Waals surface area contributed by atoms with Crippen LogP contribution in [0.3, 0.4) is 0 Å². The average molecular weight is 440 g/mol. The second-order valence-electron chi connectivity index (χ2n) is 8.56. The van der Waals surface area contributed by atoms with Crippen molar-refractivity contribution >= 4 is 10.0 Å². The first-order valence-electron chi connectivity index (χ1n) is 10.7. The Labute approximate surface area is 184 Å². The number of aryl methyl sites for hydroxylation is 4. The molecule has 0 radical (unpaired) electrons. The molecule has 164 valence electrons. The van der Waals surface area contributed by atoms with Crippen molar-refractivity contribution < 1.29 is 12.9 Å². The molecule has 7 heteroatoms. The van der Waals surface area contributed by atoms with Crippen molar-refractivity contribution in [3.8, 4) is 0 Å². The van der Waals surface area contributed by atoms with Gasteiger partial charge in [0.2, 0.25) is 10.0 Å². The van der Waals surface area contributed by atoms with Gasteiger partial charge in [-0.2, -0.15) is 4.31 Å². The first kappa shape index (κ1) is 21.7. The Morgan fingerprint density at radius 3 is 2.61 bits per heavy atom.